The summed E-state index contributed by atoms with van der Waals surface area (Å²) < 4.78 is 7.46. The maximum Gasteiger partial charge on any atom is 0.311 e. The topological polar surface area (TPSA) is 48.3 Å². The summed E-state index contributed by atoms with van der Waals surface area (Å²) in [6, 6.07) is 0. The predicted octanol–water partition coefficient (Wildman–Crippen LogP) is 10.2. The highest BCUT2D eigenvalue weighted by Gasteiger charge is 2.23. The summed E-state index contributed by atoms with van der Waals surface area (Å²) in [5, 5.41) is 0. The van der Waals surface area contributed by atoms with Gasteiger partial charge < -0.3 is 9.30 Å². The van der Waals surface area contributed by atoms with Gasteiger partial charge in [0, 0.05) is 29.9 Å². The van der Waals surface area contributed by atoms with E-state index in [-0.39, 0.29) is 18.2 Å². The molecule has 0 bridgehead atoms. The maximum absolute atomic E-state index is 13.2. The Morgan fingerprint density at radius 1 is 0.632 bits per heavy atom. The number of ketones is 1. The summed E-state index contributed by atoms with van der Waals surface area (Å²) in [5.74, 6) is 0.0384. The van der Waals surface area contributed by atoms with Crippen LogP contribution in [0.5, 0.6) is 0 Å². The van der Waals surface area contributed by atoms with E-state index in [1.807, 2.05) is 13.8 Å². The fourth-order valence-corrected chi connectivity index (χ4v) is 5.72. The van der Waals surface area contributed by atoms with Gasteiger partial charge in [0.25, 0.3) is 0 Å². The largest absolute Gasteiger partial charge is 0.466 e. The molecule has 0 fully saturated rings. The van der Waals surface area contributed by atoms with Crippen molar-refractivity contribution in [2.45, 2.75) is 176 Å². The van der Waals surface area contributed by atoms with Crippen LogP contribution >= 0.6 is 0 Å². The number of aromatic nitrogens is 1. The van der Waals surface area contributed by atoms with Gasteiger partial charge in [-0.3, -0.25) is 9.59 Å². The van der Waals surface area contributed by atoms with Crippen molar-refractivity contribution in [3.05, 3.63) is 22.5 Å². The Morgan fingerprint density at radius 3 is 1.55 bits per heavy atom. The third kappa shape index (κ3) is 14.0. The Morgan fingerprint density at radius 2 is 1.08 bits per heavy atom. The van der Waals surface area contributed by atoms with Gasteiger partial charge in [-0.2, -0.15) is 0 Å². The lowest BCUT2D eigenvalue weighted by Gasteiger charge is -2.12. The Kier molecular flexibility index (Phi) is 20.2. The molecule has 0 N–H and O–H groups in total. The van der Waals surface area contributed by atoms with Crippen LogP contribution in [0.1, 0.15) is 176 Å². The van der Waals surface area contributed by atoms with E-state index >= 15 is 0 Å². The molecule has 220 valence electrons. The average Bonchev–Trinajstić information content (AvgIpc) is 3.12. The first kappa shape index (κ1) is 34.4. The molecule has 0 aromatic carbocycles. The summed E-state index contributed by atoms with van der Waals surface area (Å²) in [6.07, 6.45) is 25.5. The van der Waals surface area contributed by atoms with Crippen LogP contribution < -0.4 is 0 Å². The third-order valence-corrected chi connectivity index (χ3v) is 8.04. The van der Waals surface area contributed by atoms with E-state index in [4.69, 9.17) is 4.74 Å². The van der Waals surface area contributed by atoms with Crippen LogP contribution in [-0.2, 0) is 22.5 Å². The number of nitrogens with zero attached hydrogens (tertiary/aromatic N) is 1. The second-order valence-electron chi connectivity index (χ2n) is 11.3. The smallest absolute Gasteiger partial charge is 0.311 e. The van der Waals surface area contributed by atoms with Gasteiger partial charge in [0.05, 0.1) is 13.0 Å². The van der Waals surface area contributed by atoms with Crippen LogP contribution in [0.3, 0.4) is 0 Å². The number of esters is 1. The normalized spacial score (nSPS) is 11.3. The lowest BCUT2D eigenvalue weighted by Crippen LogP contribution is -2.13. The van der Waals surface area contributed by atoms with Crippen LogP contribution in [0.15, 0.2) is 0 Å². The highest BCUT2D eigenvalue weighted by atomic mass is 16.5. The number of carbonyl (C=O) groups excluding carboxylic acids is 2. The zero-order valence-electron chi connectivity index (χ0n) is 25.9. The number of hydrogen-bond donors (Lipinski definition) is 0. The molecule has 0 saturated heterocycles. The fraction of sp³-hybridized carbons (Fsp3) is 0.824. The van der Waals surface area contributed by atoms with Gasteiger partial charge in [0.1, 0.15) is 0 Å². The van der Waals surface area contributed by atoms with Crippen molar-refractivity contribution in [1.29, 1.82) is 0 Å². The van der Waals surface area contributed by atoms with Crippen LogP contribution in [0.2, 0.25) is 0 Å². The maximum atomic E-state index is 13.2. The second kappa shape index (κ2) is 22.3. The highest BCUT2D eigenvalue weighted by molar-refractivity contribution is 5.99. The Bertz CT molecular complexity index is 764. The number of ether oxygens (including phenoxy) is 1. The van der Waals surface area contributed by atoms with E-state index in [2.05, 4.69) is 25.3 Å². The molecule has 0 spiro atoms. The van der Waals surface area contributed by atoms with E-state index in [0.717, 1.165) is 48.3 Å². The van der Waals surface area contributed by atoms with E-state index in [1.54, 1.807) is 0 Å². The van der Waals surface area contributed by atoms with Crippen molar-refractivity contribution in [2.24, 2.45) is 0 Å². The molecule has 0 aliphatic carbocycles. The van der Waals surface area contributed by atoms with E-state index < -0.39 is 0 Å². The monoisotopic (exact) mass is 531 g/mol. The Labute approximate surface area is 235 Å². The number of rotatable bonds is 25. The molecule has 0 aliphatic heterocycles. The van der Waals surface area contributed by atoms with Crippen LogP contribution in [-0.4, -0.2) is 22.9 Å². The minimum absolute atomic E-state index is 0.204. The lowest BCUT2D eigenvalue weighted by atomic mass is 9.99. The summed E-state index contributed by atoms with van der Waals surface area (Å²) in [6.45, 7) is 11.7. The average molecular weight is 532 g/mol. The lowest BCUT2D eigenvalue weighted by molar-refractivity contribution is -0.142. The van der Waals surface area contributed by atoms with Gasteiger partial charge in [-0.25, -0.2) is 0 Å². The summed E-state index contributed by atoms with van der Waals surface area (Å²) in [7, 11) is 0. The van der Waals surface area contributed by atoms with Crippen molar-refractivity contribution in [2.75, 3.05) is 6.61 Å². The van der Waals surface area contributed by atoms with Crippen molar-refractivity contribution < 1.29 is 14.3 Å². The van der Waals surface area contributed by atoms with Crippen molar-refractivity contribution in [3.8, 4) is 0 Å². The second-order valence-corrected chi connectivity index (χ2v) is 11.3. The predicted molar refractivity (Wildman–Crippen MR) is 162 cm³/mol. The van der Waals surface area contributed by atoms with Crippen LogP contribution in [0.25, 0.3) is 0 Å². The quantitative estimate of drug-likeness (QED) is 0.0716. The molecule has 1 aromatic rings. The van der Waals surface area contributed by atoms with Crippen molar-refractivity contribution in [3.63, 3.8) is 0 Å². The zero-order chi connectivity index (χ0) is 28.0. The molecule has 1 heterocycles. The Balaban J connectivity index is 2.38. The van der Waals surface area contributed by atoms with Gasteiger partial charge in [-0.05, 0) is 39.2 Å². The number of unbranched alkanes of at least 4 members (excludes halogenated alkanes) is 17. The van der Waals surface area contributed by atoms with Crippen molar-refractivity contribution >= 4 is 11.8 Å². The van der Waals surface area contributed by atoms with Crippen LogP contribution in [0, 0.1) is 13.8 Å². The van der Waals surface area contributed by atoms with Crippen molar-refractivity contribution in [1.82, 2.24) is 4.57 Å². The molecule has 38 heavy (non-hydrogen) atoms. The van der Waals surface area contributed by atoms with E-state index in [1.165, 1.54) is 103 Å². The molecule has 0 aliphatic rings. The fourth-order valence-electron chi connectivity index (χ4n) is 5.72. The van der Waals surface area contributed by atoms with Gasteiger partial charge >= 0.3 is 5.97 Å². The van der Waals surface area contributed by atoms with E-state index in [0.29, 0.717) is 13.0 Å². The first-order chi connectivity index (χ1) is 18.5. The SMILES string of the molecule is CCCCCCCCCCCCCCCCCC(=O)c1c(C)c(CC(=O)OCC)n(CCCCCC)c1C. The Hall–Kier alpha value is -1.58. The standard InChI is InChI=1S/C34H61NO3/c1-6-9-11-13-14-15-16-17-18-19-20-21-22-23-24-26-32(36)34-29(4)31(28-33(37)38-8-3)35(30(34)5)27-25-12-10-7-2/h6-28H2,1-5H3. The first-order valence-corrected chi connectivity index (χ1v) is 16.3. The molecule has 1 aromatic heterocycles. The summed E-state index contributed by atoms with van der Waals surface area (Å²) >= 11 is 0. The number of Topliss-reactive ketones (excluding diaryl/α,β-unsaturated/α-hetero) is 1. The minimum Gasteiger partial charge on any atom is -0.466 e. The molecule has 4 nitrogen and oxygen atoms in total. The first-order valence-electron chi connectivity index (χ1n) is 16.3. The third-order valence-electron chi connectivity index (χ3n) is 8.04. The van der Waals surface area contributed by atoms with Crippen LogP contribution in [0.4, 0.5) is 0 Å². The molecule has 0 amide bonds. The number of hydrogen-bond acceptors (Lipinski definition) is 3. The van der Waals surface area contributed by atoms with Gasteiger partial charge in [-0.15, -0.1) is 0 Å². The molecule has 0 saturated carbocycles. The number of carbonyl (C=O) groups is 2. The summed E-state index contributed by atoms with van der Waals surface area (Å²) in [5.41, 5.74) is 3.84. The minimum atomic E-state index is -0.204. The van der Waals surface area contributed by atoms with Gasteiger partial charge in [0.2, 0.25) is 0 Å². The molecular formula is C34H61NO3. The molecule has 0 unspecified atom stereocenters. The highest BCUT2D eigenvalue weighted by Crippen LogP contribution is 2.26. The molecule has 4 heteroatoms. The van der Waals surface area contributed by atoms with Gasteiger partial charge in [0.15, 0.2) is 5.78 Å². The molecular weight excluding hydrogens is 470 g/mol. The van der Waals surface area contributed by atoms with E-state index in [9.17, 15) is 9.59 Å². The zero-order valence-corrected chi connectivity index (χ0v) is 25.9. The molecule has 1 rings (SSSR count). The summed E-state index contributed by atoms with van der Waals surface area (Å²) in [4.78, 5) is 25.5. The molecule has 0 atom stereocenters. The molecule has 0 radical (unpaired) electrons. The van der Waals surface area contributed by atoms with Gasteiger partial charge in [-0.1, -0.05) is 123 Å².